The topological polar surface area (TPSA) is 27.7 Å². The molecule has 37 heavy (non-hydrogen) atoms. The van der Waals surface area contributed by atoms with Crippen molar-refractivity contribution in [3.63, 3.8) is 0 Å². The summed E-state index contributed by atoms with van der Waals surface area (Å²) in [5, 5.41) is 0. The molecule has 0 aliphatic heterocycles. The van der Waals surface area contributed by atoms with Gasteiger partial charge >= 0.3 is 235 Å². The first-order chi connectivity index (χ1) is 17.5. The Morgan fingerprint density at radius 2 is 1.43 bits per heavy atom. The number of rotatable bonds is 19. The summed E-state index contributed by atoms with van der Waals surface area (Å²) in [4.78, 5) is 0. The molecule has 0 aliphatic rings. The number of methoxy groups -OCH3 is 1. The van der Waals surface area contributed by atoms with Crippen molar-refractivity contribution in [2.24, 2.45) is 5.41 Å². The van der Waals surface area contributed by atoms with E-state index in [0.29, 0.717) is 23.5 Å². The molecule has 0 aliphatic carbocycles. The molecule has 0 bridgehead atoms. The molecular weight excluding hydrogens is 586 g/mol. The SMILES string of the molecule is CCC[CH2][Sn]([CH2]CCC)([CH2]CCC)/[C](F)=C(/CCOCc1ccc(OC)cc1)C(O[SiH](C)C)C(C)(C)C. The molecule has 0 aromatic heterocycles. The molecule has 1 rings (SSSR count). The van der Waals surface area contributed by atoms with Crippen LogP contribution in [0.4, 0.5) is 4.39 Å². The Bertz CT molecular complexity index is 752. The monoisotopic (exact) mass is 644 g/mol. The van der Waals surface area contributed by atoms with Crippen LogP contribution in [0.15, 0.2) is 33.7 Å². The maximum absolute atomic E-state index is 17.3. The number of hydrogen-bond acceptors (Lipinski definition) is 3. The van der Waals surface area contributed by atoms with Gasteiger partial charge in [-0.15, -0.1) is 0 Å². The van der Waals surface area contributed by atoms with Crippen LogP contribution in [0.3, 0.4) is 0 Å². The Balaban J connectivity index is 3.39. The molecule has 0 N–H and O–H groups in total. The van der Waals surface area contributed by atoms with Crippen LogP contribution in [0.1, 0.15) is 92.1 Å². The van der Waals surface area contributed by atoms with E-state index in [1.807, 2.05) is 24.3 Å². The second-order valence-electron chi connectivity index (χ2n) is 12.0. The van der Waals surface area contributed by atoms with Crippen LogP contribution in [-0.4, -0.2) is 47.2 Å². The molecule has 214 valence electrons. The Morgan fingerprint density at radius 3 is 1.84 bits per heavy atom. The fourth-order valence-corrected chi connectivity index (χ4v) is 21.8. The standard InChI is InChI=1S/C19H30FO3Si.3C4H9.Sn/c1-19(2,3)18(23-24(5)6)16(13-20)11-12-22-14-15-7-9-17(21-4)10-8-15;3*1-3-4-2;/h7-10,18,24H,11-12,14H2,1-6H3;3*1,3-4H2,2H3;. The zero-order valence-electron chi connectivity index (χ0n) is 25.6. The minimum absolute atomic E-state index is 0.155. The summed E-state index contributed by atoms with van der Waals surface area (Å²) in [6, 6.07) is 7.98. The molecule has 1 atom stereocenters. The van der Waals surface area contributed by atoms with Crippen LogP contribution in [0.25, 0.3) is 0 Å². The normalized spacial score (nSPS) is 14.1. The molecule has 0 heterocycles. The Kier molecular flexibility index (Phi) is 16.9. The van der Waals surface area contributed by atoms with E-state index in [-0.39, 0.29) is 11.5 Å². The maximum atomic E-state index is 17.3. The molecule has 0 saturated heterocycles. The summed E-state index contributed by atoms with van der Waals surface area (Å²) in [6.45, 7) is 18.8. The van der Waals surface area contributed by atoms with Gasteiger partial charge in [-0.2, -0.15) is 0 Å². The van der Waals surface area contributed by atoms with Crippen molar-refractivity contribution in [2.45, 2.75) is 126 Å². The first-order valence-electron chi connectivity index (χ1n) is 14.8. The van der Waals surface area contributed by atoms with Crippen molar-refractivity contribution in [1.82, 2.24) is 0 Å². The molecule has 0 amide bonds. The first kappa shape index (κ1) is 34.7. The molecule has 1 aromatic rings. The molecule has 0 saturated carbocycles. The van der Waals surface area contributed by atoms with Gasteiger partial charge < -0.3 is 0 Å². The van der Waals surface area contributed by atoms with Crippen molar-refractivity contribution in [3.05, 3.63) is 39.2 Å². The van der Waals surface area contributed by atoms with E-state index in [1.54, 1.807) is 7.11 Å². The minimum atomic E-state index is -3.24. The van der Waals surface area contributed by atoms with E-state index < -0.39 is 27.4 Å². The predicted octanol–water partition coefficient (Wildman–Crippen LogP) is 9.63. The molecule has 1 aromatic carbocycles. The molecule has 0 spiro atoms. The van der Waals surface area contributed by atoms with E-state index >= 15 is 4.39 Å². The summed E-state index contributed by atoms with van der Waals surface area (Å²) < 4.78 is 39.0. The average molecular weight is 644 g/mol. The van der Waals surface area contributed by atoms with Crippen LogP contribution in [0.5, 0.6) is 5.75 Å². The second kappa shape index (κ2) is 18.1. The van der Waals surface area contributed by atoms with Crippen LogP contribution in [0.2, 0.25) is 26.4 Å². The number of halogens is 1. The summed E-state index contributed by atoms with van der Waals surface area (Å²) in [6.07, 6.45) is 7.32. The van der Waals surface area contributed by atoms with Gasteiger partial charge in [0.1, 0.15) is 0 Å². The third-order valence-electron chi connectivity index (χ3n) is 7.23. The first-order valence-corrected chi connectivity index (χ1v) is 25.1. The molecule has 0 fully saturated rings. The van der Waals surface area contributed by atoms with Gasteiger partial charge in [-0.1, -0.05) is 0 Å². The van der Waals surface area contributed by atoms with Gasteiger partial charge in [-0.3, -0.25) is 0 Å². The van der Waals surface area contributed by atoms with Gasteiger partial charge in [-0.25, -0.2) is 0 Å². The third-order valence-corrected chi connectivity index (χ3v) is 22.8. The van der Waals surface area contributed by atoms with Crippen molar-refractivity contribution >= 4 is 27.4 Å². The van der Waals surface area contributed by atoms with Crippen LogP contribution >= 0.6 is 0 Å². The number of benzene rings is 1. The quantitative estimate of drug-likeness (QED) is 0.111. The van der Waals surface area contributed by atoms with Crippen molar-refractivity contribution in [3.8, 4) is 5.75 Å². The van der Waals surface area contributed by atoms with Gasteiger partial charge in [-0.05, 0) is 0 Å². The van der Waals surface area contributed by atoms with Gasteiger partial charge in [0.15, 0.2) is 0 Å². The second-order valence-corrected chi connectivity index (χ2v) is 27.2. The molecule has 3 nitrogen and oxygen atoms in total. The Hall–Kier alpha value is -0.374. The van der Waals surface area contributed by atoms with Gasteiger partial charge in [0.05, 0.1) is 0 Å². The number of unbranched alkanes of at least 4 members (excludes halogenated alkanes) is 3. The van der Waals surface area contributed by atoms with E-state index in [4.69, 9.17) is 13.9 Å². The fraction of sp³-hybridized carbons (Fsp3) is 0.742. The number of hydrogen-bond donors (Lipinski definition) is 0. The average Bonchev–Trinajstić information content (AvgIpc) is 2.86. The Labute approximate surface area is 234 Å². The zero-order valence-corrected chi connectivity index (χ0v) is 29.6. The van der Waals surface area contributed by atoms with Crippen LogP contribution in [-0.2, 0) is 15.8 Å². The Morgan fingerprint density at radius 1 is 0.919 bits per heavy atom. The third kappa shape index (κ3) is 12.1. The van der Waals surface area contributed by atoms with E-state index in [2.05, 4.69) is 54.6 Å². The van der Waals surface area contributed by atoms with E-state index in [1.165, 1.54) is 0 Å². The molecule has 0 radical (unpaired) electrons. The number of ether oxygens (including phenoxy) is 2. The van der Waals surface area contributed by atoms with E-state index in [0.717, 1.165) is 68.7 Å². The summed E-state index contributed by atoms with van der Waals surface area (Å²) >= 11 is -3.24. The van der Waals surface area contributed by atoms with Gasteiger partial charge in [0, 0.05) is 0 Å². The summed E-state index contributed by atoms with van der Waals surface area (Å²) in [5.41, 5.74) is 1.90. The molecule has 6 heteroatoms. The van der Waals surface area contributed by atoms with Gasteiger partial charge in [0.25, 0.3) is 0 Å². The summed E-state index contributed by atoms with van der Waals surface area (Å²) in [7, 11) is 0.300. The van der Waals surface area contributed by atoms with Gasteiger partial charge in [0.2, 0.25) is 0 Å². The predicted molar refractivity (Wildman–Crippen MR) is 164 cm³/mol. The van der Waals surface area contributed by atoms with Crippen LogP contribution < -0.4 is 4.74 Å². The van der Waals surface area contributed by atoms with Crippen molar-refractivity contribution in [1.29, 1.82) is 0 Å². The zero-order chi connectivity index (χ0) is 27.9. The van der Waals surface area contributed by atoms with Crippen LogP contribution in [0, 0.1) is 5.41 Å². The van der Waals surface area contributed by atoms with Crippen molar-refractivity contribution < 1.29 is 18.3 Å². The molecule has 1 unspecified atom stereocenters. The summed E-state index contributed by atoms with van der Waals surface area (Å²) in [5.74, 6) is 0.842. The fourth-order valence-electron chi connectivity index (χ4n) is 5.12. The van der Waals surface area contributed by atoms with E-state index in [9.17, 15) is 0 Å². The van der Waals surface area contributed by atoms with Crippen molar-refractivity contribution in [2.75, 3.05) is 13.7 Å². The molecular formula is C31H57FO3SiSn.